The van der Waals surface area contributed by atoms with Crippen LogP contribution in [0.5, 0.6) is 0 Å². The Kier molecular flexibility index (Phi) is 4.80. The molecule has 0 atom stereocenters. The highest BCUT2D eigenvalue weighted by Gasteiger charge is 2.17. The fourth-order valence-corrected chi connectivity index (χ4v) is 2.85. The second kappa shape index (κ2) is 6.36. The van der Waals surface area contributed by atoms with Crippen molar-refractivity contribution in [2.45, 2.75) is 52.0 Å². The van der Waals surface area contributed by atoms with Crippen molar-refractivity contribution in [3.63, 3.8) is 0 Å². The Labute approximate surface area is 108 Å². The molecule has 4 heteroatoms. The molecule has 2 rings (SSSR count). The Morgan fingerprint density at radius 3 is 2.82 bits per heavy atom. The predicted molar refractivity (Wildman–Crippen MR) is 73.0 cm³/mol. The molecule has 17 heavy (non-hydrogen) atoms. The summed E-state index contributed by atoms with van der Waals surface area (Å²) in [7, 11) is 0. The van der Waals surface area contributed by atoms with Gasteiger partial charge >= 0.3 is 0 Å². The van der Waals surface area contributed by atoms with Crippen molar-refractivity contribution >= 4 is 11.8 Å². The maximum Gasteiger partial charge on any atom is 0.138 e. The molecule has 0 saturated carbocycles. The third-order valence-corrected chi connectivity index (χ3v) is 4.04. The fourth-order valence-electron chi connectivity index (χ4n) is 2.11. The second-order valence-electron chi connectivity index (χ2n) is 4.42. The summed E-state index contributed by atoms with van der Waals surface area (Å²) in [6.07, 6.45) is 3.46. The zero-order valence-corrected chi connectivity index (χ0v) is 11.6. The van der Waals surface area contributed by atoms with Crippen molar-refractivity contribution < 1.29 is 0 Å². The molecule has 1 aliphatic rings. The Hall–Kier alpha value is -0.610. The monoisotopic (exact) mass is 251 g/mol. The van der Waals surface area contributed by atoms with Gasteiger partial charge in [-0.2, -0.15) is 11.8 Å². The van der Waals surface area contributed by atoms with Gasteiger partial charge in [0.05, 0.1) is 11.4 Å². The smallest absolute Gasteiger partial charge is 0.138 e. The lowest BCUT2D eigenvalue weighted by molar-refractivity contribution is 0.753. The van der Waals surface area contributed by atoms with E-state index in [1.807, 2.05) is 11.8 Å². The van der Waals surface area contributed by atoms with E-state index in [-0.39, 0.29) is 0 Å². The SMILES string of the molecule is CCCSCc1nc(CCC)c2c(n1)CNC2. The molecule has 94 valence electrons. The van der Waals surface area contributed by atoms with Gasteiger partial charge in [-0.1, -0.05) is 20.3 Å². The van der Waals surface area contributed by atoms with E-state index in [1.54, 1.807) is 0 Å². The minimum atomic E-state index is 0.917. The summed E-state index contributed by atoms with van der Waals surface area (Å²) >= 11 is 1.93. The first-order valence-corrected chi connectivity index (χ1v) is 7.66. The Balaban J connectivity index is 2.14. The third-order valence-electron chi connectivity index (χ3n) is 2.89. The standard InChI is InChI=1S/C13H21N3S/c1-3-5-11-10-7-14-8-12(10)16-13(15-11)9-17-6-4-2/h14H,3-9H2,1-2H3. The maximum atomic E-state index is 4.73. The van der Waals surface area contributed by atoms with Crippen molar-refractivity contribution in [3.8, 4) is 0 Å². The molecular weight excluding hydrogens is 230 g/mol. The molecule has 0 aliphatic carbocycles. The Morgan fingerprint density at radius 2 is 2.06 bits per heavy atom. The maximum absolute atomic E-state index is 4.73. The molecule has 0 unspecified atom stereocenters. The molecule has 0 saturated heterocycles. The van der Waals surface area contributed by atoms with Crippen molar-refractivity contribution in [1.82, 2.24) is 15.3 Å². The van der Waals surface area contributed by atoms with Gasteiger partial charge in [0.2, 0.25) is 0 Å². The van der Waals surface area contributed by atoms with Crippen molar-refractivity contribution in [1.29, 1.82) is 0 Å². The van der Waals surface area contributed by atoms with Crippen LogP contribution < -0.4 is 5.32 Å². The molecule has 1 aromatic rings. The number of aryl methyl sites for hydroxylation is 1. The van der Waals surface area contributed by atoms with E-state index < -0.39 is 0 Å². The minimum absolute atomic E-state index is 0.917. The van der Waals surface area contributed by atoms with Crippen molar-refractivity contribution in [2.75, 3.05) is 5.75 Å². The predicted octanol–water partition coefficient (Wildman–Crippen LogP) is 2.68. The molecule has 1 aromatic heterocycles. The lowest BCUT2D eigenvalue weighted by Crippen LogP contribution is -2.05. The van der Waals surface area contributed by atoms with Crippen molar-refractivity contribution in [3.05, 3.63) is 22.8 Å². The topological polar surface area (TPSA) is 37.8 Å². The number of rotatable bonds is 6. The summed E-state index contributed by atoms with van der Waals surface area (Å²) in [4.78, 5) is 9.41. The van der Waals surface area contributed by atoms with Crippen LogP contribution in [0.3, 0.4) is 0 Å². The highest BCUT2D eigenvalue weighted by atomic mass is 32.2. The normalized spacial score (nSPS) is 14.0. The second-order valence-corrected chi connectivity index (χ2v) is 5.52. The molecule has 0 radical (unpaired) electrons. The first kappa shape index (κ1) is 12.8. The lowest BCUT2D eigenvalue weighted by atomic mass is 10.1. The van der Waals surface area contributed by atoms with Gasteiger partial charge in [0, 0.05) is 24.3 Å². The van der Waals surface area contributed by atoms with Crippen LogP contribution >= 0.6 is 11.8 Å². The van der Waals surface area contributed by atoms with E-state index in [0.29, 0.717) is 0 Å². The van der Waals surface area contributed by atoms with E-state index in [0.717, 1.165) is 37.5 Å². The number of thioether (sulfide) groups is 1. The number of aromatic nitrogens is 2. The average Bonchev–Trinajstić information content (AvgIpc) is 2.78. The average molecular weight is 251 g/mol. The number of fused-ring (bicyclic) bond motifs is 1. The van der Waals surface area contributed by atoms with E-state index >= 15 is 0 Å². The summed E-state index contributed by atoms with van der Waals surface area (Å²) in [6.45, 7) is 6.29. The zero-order valence-electron chi connectivity index (χ0n) is 10.8. The van der Waals surface area contributed by atoms with Crippen LogP contribution in [-0.2, 0) is 25.3 Å². The zero-order chi connectivity index (χ0) is 12.1. The van der Waals surface area contributed by atoms with Gasteiger partial charge in [-0.3, -0.25) is 0 Å². The van der Waals surface area contributed by atoms with Gasteiger partial charge in [0.15, 0.2) is 0 Å². The molecule has 0 amide bonds. The summed E-state index contributed by atoms with van der Waals surface area (Å²) in [5.74, 6) is 3.17. The number of hydrogen-bond acceptors (Lipinski definition) is 4. The van der Waals surface area contributed by atoms with E-state index in [4.69, 9.17) is 4.98 Å². The highest BCUT2D eigenvalue weighted by Crippen LogP contribution is 2.20. The fraction of sp³-hybridized carbons (Fsp3) is 0.692. The summed E-state index contributed by atoms with van der Waals surface area (Å²) in [5.41, 5.74) is 3.86. The van der Waals surface area contributed by atoms with Crippen LogP contribution in [0.4, 0.5) is 0 Å². The van der Waals surface area contributed by atoms with E-state index in [9.17, 15) is 0 Å². The van der Waals surface area contributed by atoms with Crippen LogP contribution in [-0.4, -0.2) is 15.7 Å². The Bertz CT molecular complexity index is 379. The van der Waals surface area contributed by atoms with Crippen LogP contribution in [0.15, 0.2) is 0 Å². The van der Waals surface area contributed by atoms with Crippen LogP contribution in [0.25, 0.3) is 0 Å². The molecule has 1 N–H and O–H groups in total. The van der Waals surface area contributed by atoms with Gasteiger partial charge in [-0.15, -0.1) is 0 Å². The number of hydrogen-bond donors (Lipinski definition) is 1. The van der Waals surface area contributed by atoms with E-state index in [1.165, 1.54) is 29.1 Å². The van der Waals surface area contributed by atoms with Crippen LogP contribution in [0, 0.1) is 0 Å². The van der Waals surface area contributed by atoms with Gasteiger partial charge < -0.3 is 5.32 Å². The first-order valence-electron chi connectivity index (χ1n) is 6.51. The van der Waals surface area contributed by atoms with Crippen LogP contribution in [0.1, 0.15) is 49.5 Å². The molecule has 3 nitrogen and oxygen atoms in total. The third kappa shape index (κ3) is 3.19. The molecule has 0 spiro atoms. The van der Waals surface area contributed by atoms with Gasteiger partial charge in [0.25, 0.3) is 0 Å². The molecule has 0 bridgehead atoms. The van der Waals surface area contributed by atoms with E-state index in [2.05, 4.69) is 24.1 Å². The summed E-state index contributed by atoms with van der Waals surface area (Å²) in [6, 6.07) is 0. The van der Waals surface area contributed by atoms with Gasteiger partial charge in [-0.05, 0) is 18.6 Å². The summed E-state index contributed by atoms with van der Waals surface area (Å²) in [5, 5.41) is 3.37. The number of nitrogens with zero attached hydrogens (tertiary/aromatic N) is 2. The van der Waals surface area contributed by atoms with Crippen LogP contribution in [0.2, 0.25) is 0 Å². The molecule has 0 fully saturated rings. The van der Waals surface area contributed by atoms with Gasteiger partial charge in [0.1, 0.15) is 5.82 Å². The van der Waals surface area contributed by atoms with Gasteiger partial charge in [-0.25, -0.2) is 9.97 Å². The molecular formula is C13H21N3S. The Morgan fingerprint density at radius 1 is 1.18 bits per heavy atom. The molecule has 1 aliphatic heterocycles. The largest absolute Gasteiger partial charge is 0.307 e. The molecule has 0 aromatic carbocycles. The number of nitrogens with one attached hydrogen (secondary N) is 1. The molecule has 2 heterocycles. The quantitative estimate of drug-likeness (QED) is 0.789. The minimum Gasteiger partial charge on any atom is -0.307 e. The summed E-state index contributed by atoms with van der Waals surface area (Å²) < 4.78 is 0. The highest BCUT2D eigenvalue weighted by molar-refractivity contribution is 7.98. The lowest BCUT2D eigenvalue weighted by Gasteiger charge is -2.08. The first-order chi connectivity index (χ1) is 8.35. The van der Waals surface area contributed by atoms with Crippen molar-refractivity contribution in [2.24, 2.45) is 0 Å².